The second-order valence-electron chi connectivity index (χ2n) is 23.4. The summed E-state index contributed by atoms with van der Waals surface area (Å²) in [7, 11) is 0. The van der Waals surface area contributed by atoms with Gasteiger partial charge >= 0.3 is 0 Å². The lowest BCUT2D eigenvalue weighted by atomic mass is 9.68. The quantitative estimate of drug-likeness (QED) is 0.173. The van der Waals surface area contributed by atoms with Gasteiger partial charge in [-0.15, -0.1) is 0 Å². The van der Waals surface area contributed by atoms with Crippen molar-refractivity contribution < 1.29 is 0 Å². The van der Waals surface area contributed by atoms with Crippen LogP contribution in [0.2, 0.25) is 0 Å². The molecular formula is C76H66. The second-order valence-corrected chi connectivity index (χ2v) is 23.4. The van der Waals surface area contributed by atoms with Crippen molar-refractivity contribution in [1.82, 2.24) is 0 Å². The van der Waals surface area contributed by atoms with E-state index in [9.17, 15) is 0 Å². The Morgan fingerprint density at radius 2 is 1.26 bits per heavy atom. The molecule has 6 atom stereocenters. The summed E-state index contributed by atoms with van der Waals surface area (Å²) in [6.45, 7) is 9.52. The normalized spacial score (nSPS) is 31.8. The summed E-state index contributed by atoms with van der Waals surface area (Å²) >= 11 is 0. The molecule has 10 aliphatic carbocycles. The van der Waals surface area contributed by atoms with Crippen molar-refractivity contribution in [3.8, 4) is 0 Å². The molecule has 370 valence electrons. The van der Waals surface area contributed by atoms with Crippen molar-refractivity contribution in [3.63, 3.8) is 0 Å². The maximum Gasteiger partial charge on any atom is 0.0297 e. The largest absolute Gasteiger partial charge is 0.0767 e. The van der Waals surface area contributed by atoms with Gasteiger partial charge in [0.25, 0.3) is 0 Å². The van der Waals surface area contributed by atoms with Gasteiger partial charge in [0.2, 0.25) is 0 Å². The summed E-state index contributed by atoms with van der Waals surface area (Å²) in [5, 5.41) is 5.30. The van der Waals surface area contributed by atoms with Gasteiger partial charge in [-0.05, 0) is 181 Å². The first-order valence-electron chi connectivity index (χ1n) is 28.2. The highest BCUT2D eigenvalue weighted by molar-refractivity contribution is 5.97. The highest BCUT2D eigenvalue weighted by atomic mass is 14.7. The first kappa shape index (κ1) is 46.7. The SMILES string of the molecule is CC1=C(C2=CC=C3C=CC=CC34CC24)/C=C\C=C(\C2=CC=C(C3=c4ccccc4=C(C4=C/C(C)C/C=C(C5=C(C)CC(c6ccc7ccccc7c6)=CC=C5)/C=C\4)C45C=C(c6ccccc6)C=CC34C5)C=CC2C)CC1. The molecule has 76 heavy (non-hydrogen) atoms. The summed E-state index contributed by atoms with van der Waals surface area (Å²) in [6.07, 6.45) is 62.1. The summed E-state index contributed by atoms with van der Waals surface area (Å²) < 4.78 is 0. The standard InChI is InChI=1S/C76H66/c1-50-27-30-57(65-25-15-21-59(45-53(65)4)61-35-33-55-18-8-9-19-60(55)46-61)34-36-62(44-50)73-70-24-11-10-23-69(70)72(75-43-41-63(47-76(73,75)49-75)54-16-6-5-7-17-54)58-32-29-51(2)66(39-37-58)56-20-14-26-67(52(3)28-31-56)68-40-38-64-22-12-13-42-74(64)48-71(68)74/h5-26,29-30,32-44,46-47,50-51,71H,27-28,31,45,48-49H2,1-4H3/b26-14-,36-34-,56-20+,57-30-,62-44+,67-52?. The third-order valence-electron chi connectivity index (χ3n) is 18.9. The maximum atomic E-state index is 2.67. The third-order valence-corrected chi connectivity index (χ3v) is 18.9. The summed E-state index contributed by atoms with van der Waals surface area (Å²) in [5.41, 5.74) is 23.6. The Balaban J connectivity index is 0.844. The van der Waals surface area contributed by atoms with Gasteiger partial charge < -0.3 is 0 Å². The van der Waals surface area contributed by atoms with Crippen LogP contribution in [0.25, 0.3) is 33.1 Å². The summed E-state index contributed by atoms with van der Waals surface area (Å²) in [4.78, 5) is 0. The van der Waals surface area contributed by atoms with E-state index in [1.165, 1.54) is 122 Å². The van der Waals surface area contributed by atoms with Gasteiger partial charge in [-0.2, -0.15) is 0 Å². The minimum absolute atomic E-state index is 0.187. The number of hydrogen-bond donors (Lipinski definition) is 0. The van der Waals surface area contributed by atoms with E-state index < -0.39 is 0 Å². The average molecular weight is 979 g/mol. The molecule has 0 radical (unpaired) electrons. The zero-order chi connectivity index (χ0) is 51.2. The van der Waals surface area contributed by atoms with E-state index in [1.807, 2.05) is 0 Å². The fourth-order valence-electron chi connectivity index (χ4n) is 14.7. The number of allylic oxidation sites excluding steroid dienone is 36. The summed E-state index contributed by atoms with van der Waals surface area (Å²) in [6, 6.07) is 36.1. The van der Waals surface area contributed by atoms with Crippen LogP contribution in [0.1, 0.15) is 77.3 Å². The second kappa shape index (κ2) is 18.2. The Morgan fingerprint density at radius 3 is 2.12 bits per heavy atom. The molecule has 0 bridgehead atoms. The van der Waals surface area contributed by atoms with Gasteiger partial charge in [0.05, 0.1) is 0 Å². The fourth-order valence-corrected chi connectivity index (χ4v) is 14.7. The van der Waals surface area contributed by atoms with Crippen LogP contribution in [0.4, 0.5) is 0 Å². The Hall–Kier alpha value is -7.80. The van der Waals surface area contributed by atoms with Crippen LogP contribution in [0.3, 0.4) is 0 Å². The first-order valence-corrected chi connectivity index (χ1v) is 28.2. The van der Waals surface area contributed by atoms with Crippen molar-refractivity contribution in [1.29, 1.82) is 0 Å². The lowest BCUT2D eigenvalue weighted by Crippen LogP contribution is -2.40. The molecular weight excluding hydrogens is 913 g/mol. The van der Waals surface area contributed by atoms with E-state index in [1.54, 1.807) is 0 Å². The number of benzene rings is 4. The monoisotopic (exact) mass is 979 g/mol. The van der Waals surface area contributed by atoms with E-state index in [4.69, 9.17) is 0 Å². The Kier molecular flexibility index (Phi) is 11.2. The molecule has 0 N–H and O–H groups in total. The van der Waals surface area contributed by atoms with Crippen LogP contribution < -0.4 is 10.4 Å². The van der Waals surface area contributed by atoms with Crippen LogP contribution in [0, 0.1) is 34.0 Å². The van der Waals surface area contributed by atoms with E-state index in [2.05, 4.69) is 265 Å². The average Bonchev–Trinajstić information content (AvgIpc) is 4.54. The van der Waals surface area contributed by atoms with Crippen LogP contribution in [0.5, 0.6) is 0 Å². The van der Waals surface area contributed by atoms with Crippen molar-refractivity contribution in [3.05, 3.63) is 320 Å². The molecule has 2 fully saturated rings. The summed E-state index contributed by atoms with van der Waals surface area (Å²) in [5.74, 6) is 1.23. The van der Waals surface area contributed by atoms with E-state index in [0.29, 0.717) is 11.8 Å². The molecule has 1 spiro atoms. The molecule has 6 unspecified atom stereocenters. The van der Waals surface area contributed by atoms with Crippen molar-refractivity contribution in [2.24, 2.45) is 34.0 Å². The van der Waals surface area contributed by atoms with Crippen LogP contribution in [0.15, 0.2) is 298 Å². The third kappa shape index (κ3) is 7.62. The molecule has 0 aliphatic heterocycles. The topological polar surface area (TPSA) is 0 Å². The van der Waals surface area contributed by atoms with E-state index >= 15 is 0 Å². The predicted octanol–water partition coefficient (Wildman–Crippen LogP) is 17.6. The maximum absolute atomic E-state index is 2.67. The first-order chi connectivity index (χ1) is 37.2. The minimum Gasteiger partial charge on any atom is -0.0767 e. The van der Waals surface area contributed by atoms with E-state index in [0.717, 1.165) is 32.1 Å². The van der Waals surface area contributed by atoms with Crippen LogP contribution in [-0.2, 0) is 0 Å². The number of hydrogen-bond acceptors (Lipinski definition) is 0. The fraction of sp³-hybridized carbons (Fsp3) is 0.211. The zero-order valence-corrected chi connectivity index (χ0v) is 44.5. The molecule has 0 aromatic heterocycles. The molecule has 4 aromatic rings. The molecule has 10 aliphatic rings. The lowest BCUT2D eigenvalue weighted by molar-refractivity contribution is 0.683. The smallest absolute Gasteiger partial charge is 0.0297 e. The van der Waals surface area contributed by atoms with Crippen molar-refractivity contribution >= 4 is 33.1 Å². The van der Waals surface area contributed by atoms with Gasteiger partial charge in [0, 0.05) is 16.2 Å². The Morgan fingerprint density at radius 1 is 0.513 bits per heavy atom. The minimum atomic E-state index is -0.214. The highest BCUT2D eigenvalue weighted by Crippen LogP contribution is 2.78. The molecule has 0 heteroatoms. The molecule has 0 saturated heterocycles. The predicted molar refractivity (Wildman–Crippen MR) is 322 cm³/mol. The number of fused-ring (bicyclic) bond motifs is 2. The highest BCUT2D eigenvalue weighted by Gasteiger charge is 2.71. The van der Waals surface area contributed by atoms with Gasteiger partial charge in [-0.3, -0.25) is 0 Å². The van der Waals surface area contributed by atoms with Crippen molar-refractivity contribution in [2.45, 2.75) is 66.2 Å². The number of rotatable bonds is 7. The molecule has 14 rings (SSSR count). The van der Waals surface area contributed by atoms with Crippen molar-refractivity contribution in [2.75, 3.05) is 0 Å². The zero-order valence-electron chi connectivity index (χ0n) is 44.5. The van der Waals surface area contributed by atoms with Gasteiger partial charge in [-0.25, -0.2) is 0 Å². The molecule has 4 aromatic carbocycles. The molecule has 2 saturated carbocycles. The molecule has 0 amide bonds. The van der Waals surface area contributed by atoms with Gasteiger partial charge in [-0.1, -0.05) is 256 Å². The Labute approximate surface area is 450 Å². The van der Waals surface area contributed by atoms with Gasteiger partial charge in [0.1, 0.15) is 0 Å². The Bertz CT molecular complexity index is 3960. The van der Waals surface area contributed by atoms with Crippen LogP contribution >= 0.6 is 0 Å². The van der Waals surface area contributed by atoms with E-state index in [-0.39, 0.29) is 22.2 Å². The molecule has 0 nitrogen and oxygen atoms in total. The van der Waals surface area contributed by atoms with Gasteiger partial charge in [0.15, 0.2) is 0 Å². The molecule has 0 heterocycles. The lowest BCUT2D eigenvalue weighted by Gasteiger charge is -2.35. The van der Waals surface area contributed by atoms with Crippen LogP contribution in [-0.4, -0.2) is 0 Å².